The molecule has 1 atom stereocenters. The molecule has 8 heteroatoms. The Kier molecular flexibility index (Phi) is 6.05. The molecule has 0 bridgehead atoms. The molecule has 0 aliphatic carbocycles. The Morgan fingerprint density at radius 2 is 2.00 bits per heavy atom. The van der Waals surface area contributed by atoms with Gasteiger partial charge in [0.05, 0.1) is 25.5 Å². The third-order valence-electron chi connectivity index (χ3n) is 4.04. The lowest BCUT2D eigenvalue weighted by atomic mass is 10.1. The Morgan fingerprint density at radius 1 is 1.15 bits per heavy atom. The molecule has 3 rings (SSSR count). The lowest BCUT2D eigenvalue weighted by molar-refractivity contribution is 0.0939. The number of carbonyl (C=O) groups is 2. The van der Waals surface area contributed by atoms with Gasteiger partial charge < -0.3 is 20.1 Å². The van der Waals surface area contributed by atoms with Gasteiger partial charge in [0.25, 0.3) is 11.8 Å². The number of benzene rings is 1. The molecule has 6 nitrogen and oxygen atoms in total. The lowest BCUT2D eigenvalue weighted by Crippen LogP contribution is -2.34. The highest BCUT2D eigenvalue weighted by Crippen LogP contribution is 2.37. The van der Waals surface area contributed by atoms with E-state index in [4.69, 9.17) is 9.47 Å². The number of amides is 2. The van der Waals surface area contributed by atoms with Crippen LogP contribution in [-0.4, -0.2) is 43.6 Å². The summed E-state index contributed by atoms with van der Waals surface area (Å²) in [6.07, 6.45) is 0.964. The molecule has 0 saturated carbocycles. The van der Waals surface area contributed by atoms with Crippen molar-refractivity contribution in [3.8, 4) is 11.5 Å². The van der Waals surface area contributed by atoms with E-state index in [0.717, 1.165) is 17.9 Å². The lowest BCUT2D eigenvalue weighted by Gasteiger charge is -2.17. The van der Waals surface area contributed by atoms with E-state index in [1.165, 1.54) is 25.6 Å². The van der Waals surface area contributed by atoms with Crippen molar-refractivity contribution in [3.05, 3.63) is 40.1 Å². The summed E-state index contributed by atoms with van der Waals surface area (Å²) in [7, 11) is 2.99. The summed E-state index contributed by atoms with van der Waals surface area (Å²) in [4.78, 5) is 25.0. The largest absolute Gasteiger partial charge is 0.493 e. The van der Waals surface area contributed by atoms with Crippen LogP contribution in [0.25, 0.3) is 0 Å². The van der Waals surface area contributed by atoms with Crippen molar-refractivity contribution in [2.24, 2.45) is 0 Å². The summed E-state index contributed by atoms with van der Waals surface area (Å²) in [5, 5.41) is 9.42. The molecule has 138 valence electrons. The van der Waals surface area contributed by atoms with Crippen LogP contribution in [0.5, 0.6) is 11.5 Å². The third-order valence-corrected chi connectivity index (χ3v) is 5.88. The SMILES string of the molecule is COc1cc(C(=O)NC2CCSC2)cc(NC(=O)c2ccsc2)c1OC. The minimum Gasteiger partial charge on any atom is -0.493 e. The topological polar surface area (TPSA) is 76.7 Å². The first-order valence-electron chi connectivity index (χ1n) is 8.10. The molecule has 1 aliphatic heterocycles. The van der Waals surface area contributed by atoms with Crippen LogP contribution in [0.3, 0.4) is 0 Å². The third kappa shape index (κ3) is 4.13. The zero-order chi connectivity index (χ0) is 18.5. The summed E-state index contributed by atoms with van der Waals surface area (Å²) in [5.74, 6) is 2.28. The smallest absolute Gasteiger partial charge is 0.256 e. The summed E-state index contributed by atoms with van der Waals surface area (Å²) in [6, 6.07) is 5.14. The highest BCUT2D eigenvalue weighted by molar-refractivity contribution is 7.99. The quantitative estimate of drug-likeness (QED) is 0.789. The van der Waals surface area contributed by atoms with E-state index in [-0.39, 0.29) is 17.9 Å². The minimum absolute atomic E-state index is 0.171. The fourth-order valence-electron chi connectivity index (χ4n) is 2.69. The molecular formula is C18H20N2O4S2. The van der Waals surface area contributed by atoms with Crippen LogP contribution in [0.1, 0.15) is 27.1 Å². The normalized spacial score (nSPS) is 16.2. The van der Waals surface area contributed by atoms with Crippen LogP contribution >= 0.6 is 23.1 Å². The second-order valence-electron chi connectivity index (χ2n) is 5.76. The van der Waals surface area contributed by atoms with Crippen LogP contribution < -0.4 is 20.1 Å². The molecule has 2 heterocycles. The fraction of sp³-hybridized carbons (Fsp3) is 0.333. The highest BCUT2D eigenvalue weighted by Gasteiger charge is 2.22. The Balaban J connectivity index is 1.88. The maximum Gasteiger partial charge on any atom is 0.256 e. The number of thioether (sulfide) groups is 1. The van der Waals surface area contributed by atoms with Crippen molar-refractivity contribution in [2.75, 3.05) is 31.0 Å². The van der Waals surface area contributed by atoms with Crippen molar-refractivity contribution in [1.82, 2.24) is 5.32 Å². The number of nitrogens with one attached hydrogen (secondary N) is 2. The first-order chi connectivity index (χ1) is 12.6. The molecule has 2 aromatic rings. The average molecular weight is 393 g/mol. The van der Waals surface area contributed by atoms with Gasteiger partial charge in [-0.05, 0) is 35.8 Å². The maximum atomic E-state index is 12.6. The number of hydrogen-bond donors (Lipinski definition) is 2. The number of carbonyl (C=O) groups excluding carboxylic acids is 2. The maximum absolute atomic E-state index is 12.6. The Labute approximate surface area is 160 Å². The molecule has 1 saturated heterocycles. The summed E-state index contributed by atoms with van der Waals surface area (Å²) >= 11 is 3.27. The number of thiophene rings is 1. The molecular weight excluding hydrogens is 372 g/mol. The van der Waals surface area contributed by atoms with E-state index in [9.17, 15) is 9.59 Å². The molecule has 26 heavy (non-hydrogen) atoms. The molecule has 1 aromatic carbocycles. The van der Waals surface area contributed by atoms with Gasteiger partial charge in [-0.1, -0.05) is 0 Å². The van der Waals surface area contributed by atoms with E-state index in [0.29, 0.717) is 28.3 Å². The van der Waals surface area contributed by atoms with Gasteiger partial charge in [-0.25, -0.2) is 0 Å². The van der Waals surface area contributed by atoms with Gasteiger partial charge in [-0.3, -0.25) is 9.59 Å². The van der Waals surface area contributed by atoms with Gasteiger partial charge in [0, 0.05) is 22.7 Å². The van der Waals surface area contributed by atoms with Gasteiger partial charge in [0.1, 0.15) is 0 Å². The molecule has 1 aliphatic rings. The van der Waals surface area contributed by atoms with Crippen molar-refractivity contribution in [1.29, 1.82) is 0 Å². The number of ether oxygens (including phenoxy) is 2. The number of methoxy groups -OCH3 is 2. The molecule has 1 fully saturated rings. The predicted molar refractivity (Wildman–Crippen MR) is 105 cm³/mol. The van der Waals surface area contributed by atoms with Crippen LogP contribution in [0.2, 0.25) is 0 Å². The standard InChI is InChI=1S/C18H20N2O4S2/c1-23-15-8-12(18(22)19-13-4-6-26-10-13)7-14(16(15)24-2)20-17(21)11-3-5-25-9-11/h3,5,7-9,13H,4,6,10H2,1-2H3,(H,19,22)(H,20,21). The Morgan fingerprint density at radius 3 is 2.62 bits per heavy atom. The van der Waals surface area contributed by atoms with Crippen molar-refractivity contribution in [2.45, 2.75) is 12.5 Å². The van der Waals surface area contributed by atoms with E-state index < -0.39 is 0 Å². The van der Waals surface area contributed by atoms with Gasteiger partial charge >= 0.3 is 0 Å². The minimum atomic E-state index is -0.267. The molecule has 1 unspecified atom stereocenters. The number of rotatable bonds is 6. The summed E-state index contributed by atoms with van der Waals surface area (Å²) in [6.45, 7) is 0. The first-order valence-corrected chi connectivity index (χ1v) is 10.2. The second kappa shape index (κ2) is 8.46. The monoisotopic (exact) mass is 392 g/mol. The van der Waals surface area contributed by atoms with Crippen LogP contribution in [0, 0.1) is 0 Å². The van der Waals surface area contributed by atoms with Crippen molar-refractivity contribution in [3.63, 3.8) is 0 Å². The zero-order valence-electron chi connectivity index (χ0n) is 14.5. The predicted octanol–water partition coefficient (Wildman–Crippen LogP) is 3.25. The van der Waals surface area contributed by atoms with Gasteiger partial charge in [-0.2, -0.15) is 23.1 Å². The van der Waals surface area contributed by atoms with Crippen LogP contribution in [0.15, 0.2) is 29.0 Å². The molecule has 0 radical (unpaired) electrons. The van der Waals surface area contributed by atoms with Gasteiger partial charge in [0.15, 0.2) is 11.5 Å². The van der Waals surface area contributed by atoms with E-state index in [1.54, 1.807) is 23.6 Å². The van der Waals surface area contributed by atoms with Crippen LogP contribution in [0.4, 0.5) is 5.69 Å². The average Bonchev–Trinajstić information content (AvgIpc) is 3.34. The fourth-order valence-corrected chi connectivity index (χ4v) is 4.48. The number of hydrogen-bond acceptors (Lipinski definition) is 6. The second-order valence-corrected chi connectivity index (χ2v) is 7.69. The Hall–Kier alpha value is -2.19. The van der Waals surface area contributed by atoms with Crippen molar-refractivity contribution >= 4 is 40.6 Å². The molecule has 1 aromatic heterocycles. The van der Waals surface area contributed by atoms with Gasteiger partial charge in [-0.15, -0.1) is 0 Å². The van der Waals surface area contributed by atoms with E-state index in [2.05, 4.69) is 10.6 Å². The highest BCUT2D eigenvalue weighted by atomic mass is 32.2. The molecule has 2 N–H and O–H groups in total. The Bertz CT molecular complexity index is 787. The van der Waals surface area contributed by atoms with Gasteiger partial charge in [0.2, 0.25) is 0 Å². The molecule has 2 amide bonds. The van der Waals surface area contributed by atoms with Crippen molar-refractivity contribution < 1.29 is 19.1 Å². The summed E-state index contributed by atoms with van der Waals surface area (Å²) < 4.78 is 10.7. The van der Waals surface area contributed by atoms with E-state index in [1.807, 2.05) is 17.1 Å². The van der Waals surface area contributed by atoms with Crippen LogP contribution in [-0.2, 0) is 0 Å². The van der Waals surface area contributed by atoms with E-state index >= 15 is 0 Å². The zero-order valence-corrected chi connectivity index (χ0v) is 16.2. The molecule has 0 spiro atoms. The summed E-state index contributed by atoms with van der Waals surface area (Å²) in [5.41, 5.74) is 1.36. The first kappa shape index (κ1) is 18.6. The number of anilines is 1.